The van der Waals surface area contributed by atoms with Gasteiger partial charge in [0.25, 0.3) is 0 Å². The number of halogens is 2. The summed E-state index contributed by atoms with van der Waals surface area (Å²) in [5, 5.41) is 16.4. The van der Waals surface area contributed by atoms with Crippen LogP contribution in [0, 0.1) is 0 Å². The van der Waals surface area contributed by atoms with E-state index in [1.165, 1.54) is 25.7 Å². The molecule has 0 unspecified atom stereocenters. The van der Waals surface area contributed by atoms with Gasteiger partial charge < -0.3 is 10.2 Å². The fourth-order valence-electron chi connectivity index (χ4n) is 1.50. The van der Waals surface area contributed by atoms with E-state index in [1.807, 2.05) is 18.2 Å². The molecule has 0 aliphatic heterocycles. The van der Waals surface area contributed by atoms with Crippen LogP contribution in [-0.2, 0) is 6.42 Å². The van der Waals surface area contributed by atoms with Crippen LogP contribution < -0.4 is 5.73 Å². The zero-order valence-electron chi connectivity index (χ0n) is 10.6. The fourth-order valence-corrected chi connectivity index (χ4v) is 2.09. The number of aliphatic hydroxyl groups is 2. The van der Waals surface area contributed by atoms with Gasteiger partial charge in [0.1, 0.15) is 0 Å². The Labute approximate surface area is 119 Å². The number of rotatable bonds is 5. The van der Waals surface area contributed by atoms with Gasteiger partial charge in [-0.05, 0) is 30.5 Å². The van der Waals surface area contributed by atoms with Gasteiger partial charge >= 0.3 is 0 Å². The molecule has 0 saturated carbocycles. The minimum absolute atomic E-state index is 0.800. The average molecular weight is 294 g/mol. The monoisotopic (exact) mass is 293 g/mol. The van der Waals surface area contributed by atoms with Crippen molar-refractivity contribution in [2.45, 2.75) is 45.4 Å². The maximum Gasteiger partial charge on any atom is 0.208 e. The molecule has 0 radical (unpaired) electrons. The Balaban J connectivity index is 0.000000631. The first-order chi connectivity index (χ1) is 8.49. The van der Waals surface area contributed by atoms with Gasteiger partial charge in [-0.25, -0.2) is 0 Å². The molecule has 0 fully saturated rings. The second kappa shape index (κ2) is 10.6. The molecule has 4 N–H and O–H groups in total. The van der Waals surface area contributed by atoms with Crippen LogP contribution in [0.3, 0.4) is 0 Å². The Morgan fingerprint density at radius 2 is 1.61 bits per heavy atom. The third-order valence-corrected chi connectivity index (χ3v) is 3.05. The summed E-state index contributed by atoms with van der Waals surface area (Å²) >= 11 is 12.1. The zero-order valence-corrected chi connectivity index (χ0v) is 12.1. The second-order valence-corrected chi connectivity index (χ2v) is 4.74. The van der Waals surface area contributed by atoms with Crippen molar-refractivity contribution in [1.29, 1.82) is 0 Å². The third-order valence-electron chi connectivity index (χ3n) is 2.34. The zero-order chi connectivity index (χ0) is 14.0. The summed E-state index contributed by atoms with van der Waals surface area (Å²) in [5.41, 5.74) is 5.33. The molecule has 0 spiro atoms. The van der Waals surface area contributed by atoms with Gasteiger partial charge in [-0.1, -0.05) is 55.5 Å². The quantitative estimate of drug-likeness (QED) is 0.576. The van der Waals surface area contributed by atoms with E-state index in [2.05, 4.69) is 12.7 Å². The molecule has 0 saturated heterocycles. The van der Waals surface area contributed by atoms with Crippen molar-refractivity contribution >= 4 is 23.2 Å². The van der Waals surface area contributed by atoms with Crippen molar-refractivity contribution in [3.05, 3.63) is 33.8 Å². The van der Waals surface area contributed by atoms with Crippen LogP contribution in [0.2, 0.25) is 10.0 Å². The summed E-state index contributed by atoms with van der Waals surface area (Å²) in [5.74, 6) is 0. The van der Waals surface area contributed by atoms with Crippen LogP contribution in [0.25, 0.3) is 0 Å². The van der Waals surface area contributed by atoms with E-state index in [-0.39, 0.29) is 0 Å². The largest absolute Gasteiger partial charge is 0.356 e. The minimum Gasteiger partial charge on any atom is -0.356 e. The molecule has 0 aromatic heterocycles. The van der Waals surface area contributed by atoms with Gasteiger partial charge in [-0.15, -0.1) is 0 Å². The molecule has 1 aromatic rings. The molecule has 3 nitrogen and oxygen atoms in total. The molecule has 18 heavy (non-hydrogen) atoms. The normalized spacial score (nSPS) is 10.2. The summed E-state index contributed by atoms with van der Waals surface area (Å²) in [6.07, 6.45) is 4.33. The van der Waals surface area contributed by atoms with Gasteiger partial charge in [-0.3, -0.25) is 5.73 Å². The topological polar surface area (TPSA) is 66.5 Å². The first-order valence-electron chi connectivity index (χ1n) is 6.03. The molecule has 104 valence electrons. The molecule has 1 aromatic carbocycles. The molecule has 0 atom stereocenters. The Morgan fingerprint density at radius 3 is 2.06 bits per heavy atom. The van der Waals surface area contributed by atoms with E-state index in [1.54, 1.807) is 0 Å². The lowest BCUT2D eigenvalue weighted by Gasteiger charge is -2.05. The summed E-state index contributed by atoms with van der Waals surface area (Å²) in [7, 11) is 0. The third kappa shape index (κ3) is 8.72. The Morgan fingerprint density at radius 1 is 1.11 bits per heavy atom. The Bertz CT molecular complexity index is 310. The van der Waals surface area contributed by atoms with Gasteiger partial charge in [-0.2, -0.15) is 0 Å². The first-order valence-corrected chi connectivity index (χ1v) is 6.79. The Hall–Kier alpha value is -0.320. The van der Waals surface area contributed by atoms with Crippen molar-refractivity contribution in [3.8, 4) is 0 Å². The number of hydrogen-bond donors (Lipinski definition) is 3. The van der Waals surface area contributed by atoms with E-state index < -0.39 is 6.41 Å². The maximum absolute atomic E-state index is 7.39. The lowest BCUT2D eigenvalue weighted by molar-refractivity contribution is -0.0333. The van der Waals surface area contributed by atoms with Crippen LogP contribution >= 0.6 is 23.2 Å². The van der Waals surface area contributed by atoms with Gasteiger partial charge in [0.15, 0.2) is 0 Å². The van der Waals surface area contributed by atoms with E-state index in [0.29, 0.717) is 0 Å². The maximum atomic E-state index is 7.39. The summed E-state index contributed by atoms with van der Waals surface area (Å²) in [6.45, 7) is 2.21. The number of benzene rings is 1. The minimum atomic E-state index is -1.67. The van der Waals surface area contributed by atoms with E-state index in [0.717, 1.165) is 22.0 Å². The summed E-state index contributed by atoms with van der Waals surface area (Å²) in [6, 6.07) is 5.70. The Kier molecular flexibility index (Phi) is 10.4. The molecule has 0 amide bonds. The van der Waals surface area contributed by atoms with Crippen molar-refractivity contribution < 1.29 is 10.2 Å². The number of aliphatic hydroxyl groups excluding tert-OH is 1. The van der Waals surface area contributed by atoms with Crippen LogP contribution in [0.1, 0.15) is 38.2 Å². The lowest BCUT2D eigenvalue weighted by atomic mass is 10.1. The molecule has 0 aliphatic rings. The van der Waals surface area contributed by atoms with Crippen LogP contribution in [-0.4, -0.2) is 16.6 Å². The number of unbranched alkanes of at least 4 members (excludes halogenated alkanes) is 3. The highest BCUT2D eigenvalue weighted by Crippen LogP contribution is 2.25. The van der Waals surface area contributed by atoms with Crippen molar-refractivity contribution in [3.63, 3.8) is 0 Å². The van der Waals surface area contributed by atoms with E-state index in [9.17, 15) is 0 Å². The average Bonchev–Trinajstić information content (AvgIpc) is 2.27. The van der Waals surface area contributed by atoms with E-state index in [4.69, 9.17) is 33.4 Å². The highest BCUT2D eigenvalue weighted by molar-refractivity contribution is 6.35. The van der Waals surface area contributed by atoms with Gasteiger partial charge in [0, 0.05) is 10.0 Å². The number of hydrogen-bond acceptors (Lipinski definition) is 3. The molecule has 0 bridgehead atoms. The number of nitrogens with two attached hydrogens (primary N) is 1. The smallest absolute Gasteiger partial charge is 0.208 e. The molecule has 5 heteroatoms. The molecular weight excluding hydrogens is 273 g/mol. The van der Waals surface area contributed by atoms with E-state index >= 15 is 0 Å². The summed E-state index contributed by atoms with van der Waals surface area (Å²) < 4.78 is 0. The first kappa shape index (κ1) is 17.7. The van der Waals surface area contributed by atoms with Crippen LogP contribution in [0.4, 0.5) is 0 Å². The predicted octanol–water partition coefficient (Wildman–Crippen LogP) is 3.33. The van der Waals surface area contributed by atoms with Crippen molar-refractivity contribution in [1.82, 2.24) is 0 Å². The highest BCUT2D eigenvalue weighted by Gasteiger charge is 2.04. The second-order valence-electron chi connectivity index (χ2n) is 3.92. The van der Waals surface area contributed by atoms with Gasteiger partial charge in [0.2, 0.25) is 6.41 Å². The van der Waals surface area contributed by atoms with Crippen LogP contribution in [0.5, 0.6) is 0 Å². The fraction of sp³-hybridized carbons (Fsp3) is 0.538. The SMILES string of the molecule is CCCCCCc1c(Cl)cccc1Cl.NC(O)O. The molecular formula is C13H21Cl2NO2. The molecule has 0 aliphatic carbocycles. The van der Waals surface area contributed by atoms with Crippen molar-refractivity contribution in [2.75, 3.05) is 0 Å². The predicted molar refractivity (Wildman–Crippen MR) is 76.7 cm³/mol. The van der Waals surface area contributed by atoms with Gasteiger partial charge in [0.05, 0.1) is 0 Å². The molecule has 0 heterocycles. The van der Waals surface area contributed by atoms with Crippen LogP contribution in [0.15, 0.2) is 18.2 Å². The summed E-state index contributed by atoms with van der Waals surface area (Å²) in [4.78, 5) is 0. The standard InChI is InChI=1S/C12H16Cl2.CH5NO2/c1-2-3-4-5-7-10-11(13)8-6-9-12(10)14;2-1(3)4/h6,8-9H,2-5,7H2,1H3;1,3-4H,2H2. The molecule has 1 rings (SSSR count). The highest BCUT2D eigenvalue weighted by atomic mass is 35.5. The lowest BCUT2D eigenvalue weighted by Crippen LogP contribution is -2.15. The van der Waals surface area contributed by atoms with Crippen molar-refractivity contribution in [2.24, 2.45) is 5.73 Å².